The minimum atomic E-state index is -0.592. The molecule has 12 rings (SSSR count). The van der Waals surface area contributed by atoms with Crippen molar-refractivity contribution in [1.29, 1.82) is 0 Å². The van der Waals surface area contributed by atoms with Gasteiger partial charge in [-0.15, -0.1) is 0 Å². The molecule has 0 N–H and O–H groups in total. The van der Waals surface area contributed by atoms with Crippen LogP contribution in [0.25, 0.3) is 55.3 Å². The summed E-state index contributed by atoms with van der Waals surface area (Å²) in [5.41, 5.74) is 21.0. The van der Waals surface area contributed by atoms with Gasteiger partial charge in [-0.05, 0) is 123 Å². The molecular formula is C65H50N2. The summed E-state index contributed by atoms with van der Waals surface area (Å²) < 4.78 is 2.41. The van der Waals surface area contributed by atoms with Crippen molar-refractivity contribution in [2.75, 3.05) is 4.90 Å². The topological polar surface area (TPSA) is 8.17 Å². The first kappa shape index (κ1) is 40.3. The van der Waals surface area contributed by atoms with Crippen molar-refractivity contribution in [3.05, 3.63) is 282 Å². The first-order valence-electron chi connectivity index (χ1n) is 23.4. The van der Waals surface area contributed by atoms with Crippen LogP contribution in [0.4, 0.5) is 17.1 Å². The third-order valence-corrected chi connectivity index (χ3v) is 14.6. The van der Waals surface area contributed by atoms with Crippen LogP contribution in [0, 0.1) is 0 Å². The maximum absolute atomic E-state index is 4.56. The molecule has 10 aromatic rings. The Kier molecular flexibility index (Phi) is 9.48. The molecule has 2 aliphatic carbocycles. The standard InChI is InChI=1S/C65H50N2/c1-5-21-57-51(6-2)63-58(65(57,46-22-9-7-10-23-46)47-24-11-8-12-25-47)32-20-35-62(63)66(49-26-19-27-50(43-49)67-60-33-17-14-29-54(60)55-30-15-18-34-61(55)67)48-39-36-44(37-40-48)45-38-41-53-52-28-13-16-31-56(52)64(3,4)59(53)42-45/h5-43H,2H2,1,3-4H3/b21-5-. The zero-order valence-electron chi connectivity index (χ0n) is 38.1. The summed E-state index contributed by atoms with van der Waals surface area (Å²) in [5, 5.41) is 2.48. The van der Waals surface area contributed by atoms with Gasteiger partial charge < -0.3 is 9.47 Å². The summed E-state index contributed by atoms with van der Waals surface area (Å²) in [5.74, 6) is 0. The first-order valence-corrected chi connectivity index (χ1v) is 23.4. The van der Waals surface area contributed by atoms with Crippen LogP contribution in [0.3, 0.4) is 0 Å². The van der Waals surface area contributed by atoms with Gasteiger partial charge in [0, 0.05) is 38.8 Å². The van der Waals surface area contributed by atoms with Gasteiger partial charge in [-0.3, -0.25) is 0 Å². The summed E-state index contributed by atoms with van der Waals surface area (Å²) in [6.07, 6.45) is 6.56. The molecule has 0 saturated heterocycles. The van der Waals surface area contributed by atoms with E-state index in [4.69, 9.17) is 0 Å². The molecule has 2 aliphatic rings. The monoisotopic (exact) mass is 858 g/mol. The second-order valence-corrected chi connectivity index (χ2v) is 18.4. The number of anilines is 3. The van der Waals surface area contributed by atoms with E-state index < -0.39 is 5.41 Å². The minimum Gasteiger partial charge on any atom is -0.310 e. The summed E-state index contributed by atoms with van der Waals surface area (Å²) in [4.78, 5) is 2.46. The highest BCUT2D eigenvalue weighted by Crippen LogP contribution is 2.58. The lowest BCUT2D eigenvalue weighted by molar-refractivity contribution is 0.660. The fraction of sp³-hybridized carbons (Fsp3) is 0.0769. The van der Waals surface area contributed by atoms with E-state index in [-0.39, 0.29) is 5.41 Å². The molecular weight excluding hydrogens is 809 g/mol. The Hall–Kier alpha value is -8.20. The lowest BCUT2D eigenvalue weighted by Gasteiger charge is -2.35. The van der Waals surface area contributed by atoms with E-state index in [1.165, 1.54) is 83.0 Å². The van der Waals surface area contributed by atoms with Gasteiger partial charge in [-0.25, -0.2) is 0 Å². The van der Waals surface area contributed by atoms with E-state index in [1.54, 1.807) is 0 Å². The molecule has 9 aromatic carbocycles. The average Bonchev–Trinajstić information content (AvgIpc) is 3.96. The van der Waals surface area contributed by atoms with E-state index in [0.29, 0.717) is 0 Å². The Morgan fingerprint density at radius 2 is 1.07 bits per heavy atom. The Balaban J connectivity index is 1.09. The van der Waals surface area contributed by atoms with Crippen LogP contribution in [0.1, 0.15) is 54.2 Å². The SMILES string of the molecule is C=CC1=C(/C=C\C)C(c2ccccc2)(c2ccccc2)c2cccc(N(c3ccc(-c4ccc5c(c4)C(C)(C)c4ccccc4-5)cc3)c3cccc(-n4c5ccccc5c5ccccc54)c3)c21. The summed E-state index contributed by atoms with van der Waals surface area (Å²) in [6.45, 7) is 11.4. The number of nitrogens with zero attached hydrogens (tertiary/aromatic N) is 2. The lowest BCUT2D eigenvalue weighted by atomic mass is 9.66. The van der Waals surface area contributed by atoms with Crippen LogP contribution in [-0.2, 0) is 10.8 Å². The summed E-state index contributed by atoms with van der Waals surface area (Å²) >= 11 is 0. The van der Waals surface area contributed by atoms with Gasteiger partial charge >= 0.3 is 0 Å². The van der Waals surface area contributed by atoms with Gasteiger partial charge in [0.15, 0.2) is 0 Å². The Morgan fingerprint density at radius 3 is 1.75 bits per heavy atom. The molecule has 2 heteroatoms. The molecule has 0 saturated carbocycles. The normalized spacial score (nSPS) is 14.4. The first-order chi connectivity index (χ1) is 32.9. The quantitative estimate of drug-likeness (QED) is 0.140. The number of para-hydroxylation sites is 2. The van der Waals surface area contributed by atoms with Gasteiger partial charge in [0.1, 0.15) is 0 Å². The molecule has 67 heavy (non-hydrogen) atoms. The number of benzene rings is 9. The van der Waals surface area contributed by atoms with E-state index in [9.17, 15) is 0 Å². The number of hydrogen-bond donors (Lipinski definition) is 0. The summed E-state index contributed by atoms with van der Waals surface area (Å²) in [7, 11) is 0. The number of aromatic nitrogens is 1. The highest BCUT2D eigenvalue weighted by Gasteiger charge is 2.47. The van der Waals surface area contributed by atoms with Crippen molar-refractivity contribution < 1.29 is 0 Å². The zero-order valence-corrected chi connectivity index (χ0v) is 38.1. The number of rotatable bonds is 9. The predicted molar refractivity (Wildman–Crippen MR) is 283 cm³/mol. The zero-order chi connectivity index (χ0) is 45.3. The molecule has 0 unspecified atom stereocenters. The summed E-state index contributed by atoms with van der Waals surface area (Å²) in [6, 6.07) is 80.5. The third kappa shape index (κ3) is 6.03. The maximum atomic E-state index is 4.56. The maximum Gasteiger partial charge on any atom is 0.0714 e. The lowest BCUT2D eigenvalue weighted by Crippen LogP contribution is -2.29. The van der Waals surface area contributed by atoms with Crippen molar-refractivity contribution in [3.8, 4) is 27.9 Å². The van der Waals surface area contributed by atoms with Crippen LogP contribution in [-0.4, -0.2) is 4.57 Å². The Bertz CT molecular complexity index is 3530. The molecule has 0 fully saturated rings. The highest BCUT2D eigenvalue weighted by molar-refractivity contribution is 6.09. The van der Waals surface area contributed by atoms with E-state index in [1.807, 2.05) is 0 Å². The second kappa shape index (κ2) is 15.8. The number of fused-ring (bicyclic) bond motifs is 7. The van der Waals surface area contributed by atoms with Crippen molar-refractivity contribution >= 4 is 44.4 Å². The van der Waals surface area contributed by atoms with Crippen molar-refractivity contribution in [1.82, 2.24) is 4.57 Å². The van der Waals surface area contributed by atoms with E-state index in [2.05, 4.69) is 273 Å². The largest absolute Gasteiger partial charge is 0.310 e. The molecule has 0 amide bonds. The molecule has 0 atom stereocenters. The van der Waals surface area contributed by atoms with Crippen molar-refractivity contribution in [3.63, 3.8) is 0 Å². The van der Waals surface area contributed by atoms with Crippen molar-refractivity contribution in [2.45, 2.75) is 31.6 Å². The fourth-order valence-electron chi connectivity index (χ4n) is 11.6. The van der Waals surface area contributed by atoms with Crippen LogP contribution < -0.4 is 4.90 Å². The van der Waals surface area contributed by atoms with Gasteiger partial charge in [0.2, 0.25) is 0 Å². The Labute approximate surface area is 393 Å². The molecule has 2 nitrogen and oxygen atoms in total. The van der Waals surface area contributed by atoms with Gasteiger partial charge in [0.05, 0.1) is 22.1 Å². The molecule has 0 radical (unpaired) electrons. The van der Waals surface area contributed by atoms with Crippen LogP contribution in [0.2, 0.25) is 0 Å². The average molecular weight is 859 g/mol. The molecule has 0 aliphatic heterocycles. The number of allylic oxidation sites excluding steroid dienone is 5. The van der Waals surface area contributed by atoms with Crippen LogP contribution in [0.15, 0.2) is 249 Å². The van der Waals surface area contributed by atoms with Gasteiger partial charge in [0.25, 0.3) is 0 Å². The molecule has 0 spiro atoms. The van der Waals surface area contributed by atoms with E-state index >= 15 is 0 Å². The number of hydrogen-bond acceptors (Lipinski definition) is 1. The molecule has 320 valence electrons. The molecule has 1 heterocycles. The predicted octanol–water partition coefficient (Wildman–Crippen LogP) is 17.1. The highest BCUT2D eigenvalue weighted by atomic mass is 15.1. The Morgan fingerprint density at radius 1 is 0.493 bits per heavy atom. The smallest absolute Gasteiger partial charge is 0.0714 e. The second-order valence-electron chi connectivity index (χ2n) is 18.4. The van der Waals surface area contributed by atoms with Crippen molar-refractivity contribution in [2.24, 2.45) is 0 Å². The fourth-order valence-corrected chi connectivity index (χ4v) is 11.6. The molecule has 0 bridgehead atoms. The third-order valence-electron chi connectivity index (χ3n) is 14.6. The van der Waals surface area contributed by atoms with Gasteiger partial charge in [-0.1, -0.05) is 202 Å². The molecule has 1 aromatic heterocycles. The van der Waals surface area contributed by atoms with Crippen LogP contribution >= 0.6 is 0 Å². The van der Waals surface area contributed by atoms with Crippen LogP contribution in [0.5, 0.6) is 0 Å². The minimum absolute atomic E-state index is 0.0787. The van der Waals surface area contributed by atoms with E-state index in [0.717, 1.165) is 28.3 Å². The van der Waals surface area contributed by atoms with Gasteiger partial charge in [-0.2, -0.15) is 0 Å².